The molecular formula is C30H34N4O2. The lowest BCUT2D eigenvalue weighted by Gasteiger charge is -2.30. The topological polar surface area (TPSA) is 68.4 Å². The molecule has 0 aliphatic heterocycles. The molecule has 0 aliphatic carbocycles. The number of aryl methyl sites for hydroxylation is 1. The average molecular weight is 483 g/mol. The standard InChI is InChI=1S/C30H34N4O2/c1-22(2)34(30(36)32-26-15-13-23(3)14-16-26)21-29(35)33(20-24-9-5-4-6-10-24)18-17-25-19-31-28-12-8-7-11-27(25)28/h4-16,19,22,31H,17-18,20-21H2,1-3H3,(H,32,36). The minimum absolute atomic E-state index is 0.01000. The number of carbonyl (C=O) groups is 2. The Morgan fingerprint density at radius 1 is 0.917 bits per heavy atom. The Bertz CT molecular complexity index is 1300. The maximum atomic E-state index is 13.6. The zero-order chi connectivity index (χ0) is 25.5. The lowest BCUT2D eigenvalue weighted by Crippen LogP contribution is -2.47. The van der Waals surface area contributed by atoms with Gasteiger partial charge in [0.2, 0.25) is 5.91 Å². The first-order valence-electron chi connectivity index (χ1n) is 12.4. The second kappa shape index (κ2) is 11.6. The molecule has 0 unspecified atom stereocenters. The van der Waals surface area contributed by atoms with Crippen molar-refractivity contribution in [3.63, 3.8) is 0 Å². The van der Waals surface area contributed by atoms with E-state index in [1.807, 2.05) is 98.6 Å². The molecule has 3 aromatic carbocycles. The van der Waals surface area contributed by atoms with Gasteiger partial charge in [-0.05, 0) is 56.5 Å². The van der Waals surface area contributed by atoms with Crippen molar-refractivity contribution < 1.29 is 9.59 Å². The van der Waals surface area contributed by atoms with Gasteiger partial charge in [0.25, 0.3) is 0 Å². The molecule has 0 radical (unpaired) electrons. The van der Waals surface area contributed by atoms with E-state index in [1.165, 1.54) is 10.9 Å². The number of urea groups is 1. The first-order valence-corrected chi connectivity index (χ1v) is 12.4. The number of hydrogen-bond donors (Lipinski definition) is 2. The molecule has 6 heteroatoms. The quantitative estimate of drug-likeness (QED) is 0.308. The molecule has 0 saturated heterocycles. The molecule has 4 rings (SSSR count). The zero-order valence-electron chi connectivity index (χ0n) is 21.2. The van der Waals surface area contributed by atoms with E-state index in [0.29, 0.717) is 18.8 Å². The third-order valence-corrected chi connectivity index (χ3v) is 6.39. The Morgan fingerprint density at radius 3 is 2.33 bits per heavy atom. The molecule has 0 bridgehead atoms. The van der Waals surface area contributed by atoms with Gasteiger partial charge in [0, 0.05) is 41.9 Å². The van der Waals surface area contributed by atoms with E-state index in [1.54, 1.807) is 4.90 Å². The molecule has 3 amide bonds. The van der Waals surface area contributed by atoms with Gasteiger partial charge in [0.15, 0.2) is 0 Å². The number of nitrogens with zero attached hydrogens (tertiary/aromatic N) is 2. The van der Waals surface area contributed by atoms with E-state index in [4.69, 9.17) is 0 Å². The summed E-state index contributed by atoms with van der Waals surface area (Å²) >= 11 is 0. The van der Waals surface area contributed by atoms with Crippen LogP contribution in [0.5, 0.6) is 0 Å². The zero-order valence-corrected chi connectivity index (χ0v) is 21.2. The molecule has 186 valence electrons. The van der Waals surface area contributed by atoms with Crippen LogP contribution >= 0.6 is 0 Å². The number of para-hydroxylation sites is 1. The van der Waals surface area contributed by atoms with E-state index < -0.39 is 0 Å². The van der Waals surface area contributed by atoms with E-state index in [-0.39, 0.29) is 24.5 Å². The maximum Gasteiger partial charge on any atom is 0.322 e. The highest BCUT2D eigenvalue weighted by molar-refractivity contribution is 5.92. The number of rotatable bonds is 9. The van der Waals surface area contributed by atoms with E-state index in [9.17, 15) is 9.59 Å². The molecule has 6 nitrogen and oxygen atoms in total. The van der Waals surface area contributed by atoms with Gasteiger partial charge in [0.05, 0.1) is 0 Å². The summed E-state index contributed by atoms with van der Waals surface area (Å²) in [5.41, 5.74) is 5.16. The predicted molar refractivity (Wildman–Crippen MR) is 146 cm³/mol. The molecule has 4 aromatic rings. The van der Waals surface area contributed by atoms with Crippen molar-refractivity contribution in [2.75, 3.05) is 18.4 Å². The number of fused-ring (bicyclic) bond motifs is 1. The third kappa shape index (κ3) is 6.33. The number of aromatic nitrogens is 1. The van der Waals surface area contributed by atoms with Gasteiger partial charge in [0.1, 0.15) is 6.54 Å². The van der Waals surface area contributed by atoms with Crippen molar-refractivity contribution in [3.05, 3.63) is 102 Å². The molecule has 36 heavy (non-hydrogen) atoms. The third-order valence-electron chi connectivity index (χ3n) is 6.39. The fraction of sp³-hybridized carbons (Fsp3) is 0.267. The van der Waals surface area contributed by atoms with Crippen LogP contribution in [-0.4, -0.2) is 45.9 Å². The second-order valence-corrected chi connectivity index (χ2v) is 9.43. The summed E-state index contributed by atoms with van der Waals surface area (Å²) in [4.78, 5) is 33.4. The van der Waals surface area contributed by atoms with Gasteiger partial charge < -0.3 is 20.1 Å². The summed E-state index contributed by atoms with van der Waals surface area (Å²) in [6, 6.07) is 25.4. The monoisotopic (exact) mass is 482 g/mol. The molecule has 2 N–H and O–H groups in total. The van der Waals surface area contributed by atoms with Gasteiger partial charge in [-0.15, -0.1) is 0 Å². The van der Waals surface area contributed by atoms with Crippen LogP contribution < -0.4 is 5.32 Å². The maximum absolute atomic E-state index is 13.6. The Balaban J connectivity index is 1.49. The number of benzene rings is 3. The molecule has 1 aromatic heterocycles. The van der Waals surface area contributed by atoms with Crippen LogP contribution in [0.15, 0.2) is 85.1 Å². The molecule has 0 spiro atoms. The summed E-state index contributed by atoms with van der Waals surface area (Å²) in [6.07, 6.45) is 2.74. The Kier molecular flexibility index (Phi) is 8.06. The van der Waals surface area contributed by atoms with Crippen molar-refractivity contribution in [2.45, 2.75) is 39.8 Å². The first kappa shape index (κ1) is 25.0. The second-order valence-electron chi connectivity index (χ2n) is 9.43. The molecule has 0 saturated carbocycles. The van der Waals surface area contributed by atoms with Gasteiger partial charge in [-0.1, -0.05) is 66.2 Å². The van der Waals surface area contributed by atoms with Crippen molar-refractivity contribution >= 4 is 28.5 Å². The van der Waals surface area contributed by atoms with Gasteiger partial charge in [-0.3, -0.25) is 4.79 Å². The minimum atomic E-state index is -0.279. The van der Waals surface area contributed by atoms with E-state index in [2.05, 4.69) is 22.4 Å². The van der Waals surface area contributed by atoms with Gasteiger partial charge >= 0.3 is 6.03 Å². The van der Waals surface area contributed by atoms with Crippen LogP contribution in [0.4, 0.5) is 10.5 Å². The SMILES string of the molecule is Cc1ccc(NC(=O)N(CC(=O)N(CCc2c[nH]c3ccccc23)Cc2ccccc2)C(C)C)cc1. The number of amides is 3. The number of carbonyl (C=O) groups excluding carboxylic acids is 2. The summed E-state index contributed by atoms with van der Waals surface area (Å²) in [6.45, 7) is 6.91. The highest BCUT2D eigenvalue weighted by atomic mass is 16.2. The minimum Gasteiger partial charge on any atom is -0.361 e. The lowest BCUT2D eigenvalue weighted by molar-refractivity contribution is -0.132. The summed E-state index contributed by atoms with van der Waals surface area (Å²) in [5.74, 6) is -0.0774. The lowest BCUT2D eigenvalue weighted by atomic mass is 10.1. The van der Waals surface area contributed by atoms with E-state index >= 15 is 0 Å². The highest BCUT2D eigenvalue weighted by Crippen LogP contribution is 2.19. The summed E-state index contributed by atoms with van der Waals surface area (Å²) in [5, 5.41) is 4.10. The number of nitrogens with one attached hydrogen (secondary N) is 2. The van der Waals surface area contributed by atoms with Crippen LogP contribution in [0, 0.1) is 6.92 Å². The molecular weight excluding hydrogens is 448 g/mol. The largest absolute Gasteiger partial charge is 0.361 e. The molecule has 0 aliphatic rings. The number of hydrogen-bond acceptors (Lipinski definition) is 2. The van der Waals surface area contributed by atoms with Crippen molar-refractivity contribution in [1.82, 2.24) is 14.8 Å². The number of anilines is 1. The molecule has 1 heterocycles. The average Bonchev–Trinajstić information content (AvgIpc) is 3.29. The Labute approximate surface area is 212 Å². The summed E-state index contributed by atoms with van der Waals surface area (Å²) < 4.78 is 0. The van der Waals surface area contributed by atoms with Crippen LogP contribution in [0.1, 0.15) is 30.5 Å². The van der Waals surface area contributed by atoms with Crippen LogP contribution in [0.3, 0.4) is 0 Å². The smallest absolute Gasteiger partial charge is 0.322 e. The number of aromatic amines is 1. The van der Waals surface area contributed by atoms with Gasteiger partial charge in [-0.25, -0.2) is 4.79 Å². The van der Waals surface area contributed by atoms with E-state index in [0.717, 1.165) is 23.1 Å². The van der Waals surface area contributed by atoms with Crippen LogP contribution in [-0.2, 0) is 17.8 Å². The molecule has 0 fully saturated rings. The van der Waals surface area contributed by atoms with Crippen LogP contribution in [0.2, 0.25) is 0 Å². The first-order chi connectivity index (χ1) is 17.4. The van der Waals surface area contributed by atoms with Gasteiger partial charge in [-0.2, -0.15) is 0 Å². The fourth-order valence-corrected chi connectivity index (χ4v) is 4.26. The molecule has 0 atom stereocenters. The normalized spacial score (nSPS) is 11.0. The number of H-pyrrole nitrogens is 1. The Hall–Kier alpha value is -4.06. The highest BCUT2D eigenvalue weighted by Gasteiger charge is 2.24. The van der Waals surface area contributed by atoms with Crippen molar-refractivity contribution in [3.8, 4) is 0 Å². The van der Waals surface area contributed by atoms with Crippen molar-refractivity contribution in [2.24, 2.45) is 0 Å². The Morgan fingerprint density at radius 2 is 1.61 bits per heavy atom. The van der Waals surface area contributed by atoms with Crippen LogP contribution in [0.25, 0.3) is 10.9 Å². The van der Waals surface area contributed by atoms with Crippen molar-refractivity contribution in [1.29, 1.82) is 0 Å². The summed E-state index contributed by atoms with van der Waals surface area (Å²) in [7, 11) is 0. The fourth-order valence-electron chi connectivity index (χ4n) is 4.26. The predicted octanol–water partition coefficient (Wildman–Crippen LogP) is 5.99.